The Hall–Kier alpha value is -1.65. The Bertz CT molecular complexity index is 996. The number of sulfone groups is 2. The molecule has 0 unspecified atom stereocenters. The Kier molecular flexibility index (Phi) is 6.78. The van der Waals surface area contributed by atoms with Crippen LogP contribution in [0.25, 0.3) is 0 Å². The Balaban J connectivity index is 1.87. The van der Waals surface area contributed by atoms with Gasteiger partial charge in [-0.25, -0.2) is 16.8 Å². The molecule has 2 fully saturated rings. The van der Waals surface area contributed by atoms with Gasteiger partial charge in [0.15, 0.2) is 19.7 Å². The van der Waals surface area contributed by atoms with E-state index >= 15 is 0 Å². The molecular weight excluding hydrogens is 430 g/mol. The van der Waals surface area contributed by atoms with Crippen molar-refractivity contribution in [2.75, 3.05) is 38.3 Å². The summed E-state index contributed by atoms with van der Waals surface area (Å²) >= 11 is 0. The third kappa shape index (κ3) is 4.65. The van der Waals surface area contributed by atoms with Gasteiger partial charge in [0.2, 0.25) is 0 Å². The van der Waals surface area contributed by atoms with Gasteiger partial charge in [-0.2, -0.15) is 0 Å². The molecule has 168 valence electrons. The molecule has 0 aromatic heterocycles. The van der Waals surface area contributed by atoms with E-state index in [1.807, 2.05) is 4.90 Å². The molecule has 30 heavy (non-hydrogen) atoms. The van der Waals surface area contributed by atoms with Crippen LogP contribution in [-0.4, -0.2) is 77.3 Å². The van der Waals surface area contributed by atoms with E-state index in [0.29, 0.717) is 32.5 Å². The standard InChI is InChI=1S/C20H29NO7S2/c1-4-28-20(22)15-7-9-21(10-8-15)16-12-29(23,24)13-19(16)30(25,26)18-11-14(2)5-6-17(18)27-3/h5-6,11,15-16,19H,4,7-10,12-13H2,1-3H3/t16-,19+/m0/s1. The summed E-state index contributed by atoms with van der Waals surface area (Å²) < 4.78 is 62.3. The molecule has 0 bridgehead atoms. The number of hydrogen-bond donors (Lipinski definition) is 0. The molecular formula is C20H29NO7S2. The van der Waals surface area contributed by atoms with Gasteiger partial charge in [0.25, 0.3) is 0 Å². The van der Waals surface area contributed by atoms with Crippen LogP contribution in [0.15, 0.2) is 23.1 Å². The predicted octanol–water partition coefficient (Wildman–Crippen LogP) is 1.22. The largest absolute Gasteiger partial charge is 0.495 e. The summed E-state index contributed by atoms with van der Waals surface area (Å²) in [4.78, 5) is 13.9. The number of piperidine rings is 1. The third-order valence-electron chi connectivity index (χ3n) is 5.91. The lowest BCUT2D eigenvalue weighted by Gasteiger charge is -2.36. The van der Waals surface area contributed by atoms with Crippen molar-refractivity contribution in [3.05, 3.63) is 23.8 Å². The summed E-state index contributed by atoms with van der Waals surface area (Å²) in [6.45, 7) is 4.77. The van der Waals surface area contributed by atoms with Crippen LogP contribution in [0.4, 0.5) is 0 Å². The third-order valence-corrected chi connectivity index (χ3v) is 10.1. The lowest BCUT2D eigenvalue weighted by Crippen LogP contribution is -2.50. The molecule has 0 N–H and O–H groups in total. The van der Waals surface area contributed by atoms with Crippen molar-refractivity contribution in [2.24, 2.45) is 5.92 Å². The van der Waals surface area contributed by atoms with Gasteiger partial charge < -0.3 is 9.47 Å². The van der Waals surface area contributed by atoms with Gasteiger partial charge in [-0.1, -0.05) is 6.07 Å². The first-order valence-electron chi connectivity index (χ1n) is 10.1. The first-order chi connectivity index (χ1) is 14.1. The van der Waals surface area contributed by atoms with Gasteiger partial charge in [0, 0.05) is 6.04 Å². The maximum absolute atomic E-state index is 13.5. The van der Waals surface area contributed by atoms with Crippen molar-refractivity contribution >= 4 is 25.6 Å². The van der Waals surface area contributed by atoms with Crippen LogP contribution in [0.5, 0.6) is 5.75 Å². The van der Waals surface area contributed by atoms with Crippen molar-refractivity contribution in [3.8, 4) is 5.75 Å². The maximum Gasteiger partial charge on any atom is 0.309 e. The predicted molar refractivity (Wildman–Crippen MR) is 112 cm³/mol. The van der Waals surface area contributed by atoms with E-state index in [9.17, 15) is 21.6 Å². The average molecular weight is 460 g/mol. The van der Waals surface area contributed by atoms with Crippen LogP contribution in [0.2, 0.25) is 0 Å². The number of benzene rings is 1. The zero-order valence-electron chi connectivity index (χ0n) is 17.5. The van der Waals surface area contributed by atoms with E-state index in [4.69, 9.17) is 9.47 Å². The molecule has 0 spiro atoms. The van der Waals surface area contributed by atoms with Gasteiger partial charge in [0.1, 0.15) is 10.6 Å². The van der Waals surface area contributed by atoms with Crippen molar-refractivity contribution < 1.29 is 31.1 Å². The van der Waals surface area contributed by atoms with Crippen molar-refractivity contribution in [2.45, 2.75) is 42.9 Å². The van der Waals surface area contributed by atoms with E-state index in [-0.39, 0.29) is 28.3 Å². The lowest BCUT2D eigenvalue weighted by atomic mass is 9.95. The molecule has 2 saturated heterocycles. The van der Waals surface area contributed by atoms with Crippen LogP contribution < -0.4 is 4.74 Å². The zero-order valence-corrected chi connectivity index (χ0v) is 19.2. The zero-order chi connectivity index (χ0) is 22.1. The van der Waals surface area contributed by atoms with Gasteiger partial charge in [-0.3, -0.25) is 9.69 Å². The number of nitrogens with zero attached hydrogens (tertiary/aromatic N) is 1. The maximum atomic E-state index is 13.5. The average Bonchev–Trinajstić information content (AvgIpc) is 3.04. The molecule has 0 amide bonds. The molecule has 0 saturated carbocycles. The van der Waals surface area contributed by atoms with Crippen molar-refractivity contribution in [1.29, 1.82) is 0 Å². The highest BCUT2D eigenvalue weighted by Crippen LogP contribution is 2.35. The minimum Gasteiger partial charge on any atom is -0.495 e. The molecule has 1 aromatic carbocycles. The van der Waals surface area contributed by atoms with E-state index in [1.54, 1.807) is 26.0 Å². The minimum atomic E-state index is -3.95. The number of ether oxygens (including phenoxy) is 2. The fraction of sp³-hybridized carbons (Fsp3) is 0.650. The number of esters is 1. The minimum absolute atomic E-state index is 0.0264. The topological polar surface area (TPSA) is 107 Å². The summed E-state index contributed by atoms with van der Waals surface area (Å²) in [7, 11) is -6.06. The number of aryl methyl sites for hydroxylation is 1. The van der Waals surface area contributed by atoms with Gasteiger partial charge >= 0.3 is 5.97 Å². The Labute approximate surface area is 178 Å². The van der Waals surface area contributed by atoms with E-state index < -0.39 is 36.7 Å². The molecule has 0 aliphatic carbocycles. The Morgan fingerprint density at radius 1 is 1.20 bits per heavy atom. The fourth-order valence-corrected chi connectivity index (χ4v) is 9.40. The highest BCUT2D eigenvalue weighted by Gasteiger charge is 2.49. The smallest absolute Gasteiger partial charge is 0.309 e. The number of rotatable bonds is 6. The normalized spacial score (nSPS) is 25.2. The fourth-order valence-electron chi connectivity index (χ4n) is 4.33. The van der Waals surface area contributed by atoms with Crippen LogP contribution in [-0.2, 0) is 29.2 Å². The number of likely N-dealkylation sites (tertiary alicyclic amines) is 1. The van der Waals surface area contributed by atoms with E-state index in [0.717, 1.165) is 5.56 Å². The van der Waals surface area contributed by atoms with Crippen LogP contribution >= 0.6 is 0 Å². The SMILES string of the molecule is CCOC(=O)C1CCN([C@H]2CS(=O)(=O)C[C@H]2S(=O)(=O)c2cc(C)ccc2OC)CC1. The number of hydrogen-bond acceptors (Lipinski definition) is 8. The molecule has 8 nitrogen and oxygen atoms in total. The van der Waals surface area contributed by atoms with E-state index in [1.165, 1.54) is 13.2 Å². The second kappa shape index (κ2) is 8.84. The van der Waals surface area contributed by atoms with Crippen molar-refractivity contribution in [3.63, 3.8) is 0 Å². The summed E-state index contributed by atoms with van der Waals surface area (Å²) in [5, 5.41) is -1.07. The highest BCUT2D eigenvalue weighted by atomic mass is 32.2. The molecule has 0 radical (unpaired) electrons. The molecule has 3 rings (SSSR count). The van der Waals surface area contributed by atoms with Gasteiger partial charge in [-0.15, -0.1) is 0 Å². The van der Waals surface area contributed by atoms with Crippen molar-refractivity contribution in [1.82, 2.24) is 4.90 Å². The molecule has 2 heterocycles. The summed E-state index contributed by atoms with van der Waals surface area (Å²) in [5.41, 5.74) is 0.752. The monoisotopic (exact) mass is 459 g/mol. The molecule has 2 atom stereocenters. The number of carbonyl (C=O) groups is 1. The summed E-state index contributed by atoms with van der Waals surface area (Å²) in [6.07, 6.45) is 1.05. The second-order valence-corrected chi connectivity index (χ2v) is 12.2. The lowest BCUT2D eigenvalue weighted by molar-refractivity contribution is -0.149. The number of carbonyl (C=O) groups excluding carboxylic acids is 1. The first-order valence-corrected chi connectivity index (χ1v) is 13.5. The molecule has 10 heteroatoms. The molecule has 1 aromatic rings. The van der Waals surface area contributed by atoms with E-state index in [2.05, 4.69) is 0 Å². The summed E-state index contributed by atoms with van der Waals surface area (Å²) in [6, 6.07) is 4.23. The Morgan fingerprint density at radius 3 is 2.47 bits per heavy atom. The Morgan fingerprint density at radius 2 is 1.87 bits per heavy atom. The highest BCUT2D eigenvalue weighted by molar-refractivity contribution is 7.96. The molecule has 2 aliphatic heterocycles. The number of methoxy groups -OCH3 is 1. The van der Waals surface area contributed by atoms with Gasteiger partial charge in [-0.05, 0) is 57.5 Å². The second-order valence-electron chi connectivity index (χ2n) is 7.94. The summed E-state index contributed by atoms with van der Waals surface area (Å²) in [5.74, 6) is -0.870. The van der Waals surface area contributed by atoms with Crippen LogP contribution in [0.3, 0.4) is 0 Å². The van der Waals surface area contributed by atoms with Gasteiger partial charge in [0.05, 0.1) is 36.4 Å². The first kappa shape index (κ1) is 23.0. The quantitative estimate of drug-likeness (QED) is 0.585. The van der Waals surface area contributed by atoms with Crippen LogP contribution in [0, 0.1) is 12.8 Å². The van der Waals surface area contributed by atoms with Crippen LogP contribution in [0.1, 0.15) is 25.3 Å². The molecule has 2 aliphatic rings.